The van der Waals surface area contributed by atoms with E-state index in [4.69, 9.17) is 0 Å². The highest BCUT2D eigenvalue weighted by molar-refractivity contribution is 5.82. The molecule has 0 radical (unpaired) electrons. The second-order valence-corrected chi connectivity index (χ2v) is 7.28. The molecule has 3 saturated heterocycles. The summed E-state index contributed by atoms with van der Waals surface area (Å²) in [6.45, 7) is 7.80. The van der Waals surface area contributed by atoms with E-state index in [-0.39, 0.29) is 6.04 Å². The standard InChI is InChI=1S/C17H31N3O/c1-14-6-2-3-10-19(14)12-15-7-5-11-20(13-15)17(21)16-8-4-9-18-16/h14-16,18H,2-13H2,1H3/t14-,15+,16-/m0/s1. The lowest BCUT2D eigenvalue weighted by molar-refractivity contribution is -0.135. The van der Waals surface area contributed by atoms with Crippen LogP contribution in [0.3, 0.4) is 0 Å². The number of carbonyl (C=O) groups is 1. The molecule has 3 atom stereocenters. The Labute approximate surface area is 129 Å². The molecular weight excluding hydrogens is 262 g/mol. The maximum atomic E-state index is 12.6. The van der Waals surface area contributed by atoms with Crippen LogP contribution in [0, 0.1) is 5.92 Å². The van der Waals surface area contributed by atoms with Crippen LogP contribution in [0.25, 0.3) is 0 Å². The predicted molar refractivity (Wildman–Crippen MR) is 85.2 cm³/mol. The van der Waals surface area contributed by atoms with Crippen LogP contribution >= 0.6 is 0 Å². The molecule has 4 heteroatoms. The minimum absolute atomic E-state index is 0.109. The van der Waals surface area contributed by atoms with E-state index in [0.29, 0.717) is 11.8 Å². The van der Waals surface area contributed by atoms with E-state index in [2.05, 4.69) is 22.0 Å². The number of hydrogen-bond donors (Lipinski definition) is 1. The third-order valence-electron chi connectivity index (χ3n) is 5.62. The number of nitrogens with one attached hydrogen (secondary N) is 1. The molecule has 120 valence electrons. The summed E-state index contributed by atoms with van der Waals surface area (Å²) in [5.74, 6) is 1.05. The van der Waals surface area contributed by atoms with E-state index in [9.17, 15) is 4.79 Å². The molecule has 0 aromatic heterocycles. The Balaban J connectivity index is 1.51. The van der Waals surface area contributed by atoms with Gasteiger partial charge in [-0.15, -0.1) is 0 Å². The summed E-state index contributed by atoms with van der Waals surface area (Å²) in [7, 11) is 0. The molecule has 3 aliphatic rings. The van der Waals surface area contributed by atoms with Crippen molar-refractivity contribution < 1.29 is 4.79 Å². The lowest BCUT2D eigenvalue weighted by Gasteiger charge is -2.40. The summed E-state index contributed by atoms with van der Waals surface area (Å²) in [6, 6.07) is 0.846. The van der Waals surface area contributed by atoms with Crippen LogP contribution in [0.15, 0.2) is 0 Å². The van der Waals surface area contributed by atoms with Crippen LogP contribution in [0.1, 0.15) is 51.9 Å². The zero-order valence-electron chi connectivity index (χ0n) is 13.5. The van der Waals surface area contributed by atoms with Crippen molar-refractivity contribution in [3.8, 4) is 0 Å². The maximum Gasteiger partial charge on any atom is 0.239 e. The number of nitrogens with zero attached hydrogens (tertiary/aromatic N) is 2. The van der Waals surface area contributed by atoms with Gasteiger partial charge in [-0.25, -0.2) is 0 Å². The molecule has 1 N–H and O–H groups in total. The average Bonchev–Trinajstić information content (AvgIpc) is 3.03. The highest BCUT2D eigenvalue weighted by atomic mass is 16.2. The minimum atomic E-state index is 0.109. The van der Waals surface area contributed by atoms with Gasteiger partial charge in [0.15, 0.2) is 0 Å². The van der Waals surface area contributed by atoms with Crippen molar-refractivity contribution in [1.82, 2.24) is 15.1 Å². The second-order valence-electron chi connectivity index (χ2n) is 7.28. The SMILES string of the molecule is C[C@H]1CCCCN1C[C@H]1CCCN(C(=O)[C@@H]2CCCN2)C1. The Morgan fingerprint density at radius 3 is 2.76 bits per heavy atom. The van der Waals surface area contributed by atoms with Crippen molar-refractivity contribution in [2.45, 2.75) is 64.0 Å². The van der Waals surface area contributed by atoms with Crippen molar-refractivity contribution >= 4 is 5.91 Å². The average molecular weight is 293 g/mol. The first kappa shape index (κ1) is 15.3. The van der Waals surface area contributed by atoms with Gasteiger partial charge in [0.1, 0.15) is 0 Å². The fourth-order valence-electron chi connectivity index (χ4n) is 4.29. The molecule has 4 nitrogen and oxygen atoms in total. The van der Waals surface area contributed by atoms with Gasteiger partial charge in [0.2, 0.25) is 5.91 Å². The highest BCUT2D eigenvalue weighted by Gasteiger charge is 2.31. The number of rotatable bonds is 3. The number of piperidine rings is 2. The van der Waals surface area contributed by atoms with Crippen LogP contribution in [0.4, 0.5) is 0 Å². The van der Waals surface area contributed by atoms with Crippen LogP contribution < -0.4 is 5.32 Å². The van der Waals surface area contributed by atoms with Gasteiger partial charge in [0.05, 0.1) is 6.04 Å². The van der Waals surface area contributed by atoms with Gasteiger partial charge in [-0.05, 0) is 64.5 Å². The molecule has 3 rings (SSSR count). The zero-order chi connectivity index (χ0) is 14.7. The monoisotopic (exact) mass is 293 g/mol. The molecule has 21 heavy (non-hydrogen) atoms. The van der Waals surface area contributed by atoms with Crippen molar-refractivity contribution in [3.05, 3.63) is 0 Å². The van der Waals surface area contributed by atoms with Crippen LogP contribution in [-0.2, 0) is 4.79 Å². The molecule has 0 aliphatic carbocycles. The van der Waals surface area contributed by atoms with Gasteiger partial charge < -0.3 is 15.1 Å². The third-order valence-corrected chi connectivity index (χ3v) is 5.62. The summed E-state index contributed by atoms with van der Waals surface area (Å²) in [6.07, 6.45) is 8.76. The molecule has 0 spiro atoms. The van der Waals surface area contributed by atoms with Crippen molar-refractivity contribution in [1.29, 1.82) is 0 Å². The summed E-state index contributed by atoms with van der Waals surface area (Å²) in [5.41, 5.74) is 0. The Morgan fingerprint density at radius 1 is 1.10 bits per heavy atom. The Bertz CT molecular complexity index is 354. The van der Waals surface area contributed by atoms with E-state index in [1.807, 2.05) is 0 Å². The summed E-state index contributed by atoms with van der Waals surface area (Å²) in [4.78, 5) is 17.4. The first-order chi connectivity index (χ1) is 10.2. The normalized spacial score (nSPS) is 35.1. The number of amides is 1. The van der Waals surface area contributed by atoms with Crippen LogP contribution in [-0.4, -0.2) is 60.5 Å². The Kier molecular flexibility index (Phi) is 5.17. The summed E-state index contributed by atoms with van der Waals surface area (Å²) in [5, 5.41) is 3.36. The van der Waals surface area contributed by atoms with Crippen molar-refractivity contribution in [2.24, 2.45) is 5.92 Å². The molecule has 0 aromatic rings. The highest BCUT2D eigenvalue weighted by Crippen LogP contribution is 2.23. The lowest BCUT2D eigenvalue weighted by Crippen LogP contribution is -2.50. The van der Waals surface area contributed by atoms with E-state index < -0.39 is 0 Å². The molecule has 1 amide bonds. The number of likely N-dealkylation sites (tertiary alicyclic amines) is 2. The molecule has 0 aromatic carbocycles. The molecule has 0 unspecified atom stereocenters. The maximum absolute atomic E-state index is 12.6. The Morgan fingerprint density at radius 2 is 2.00 bits per heavy atom. The van der Waals surface area contributed by atoms with Gasteiger partial charge in [-0.1, -0.05) is 6.42 Å². The molecule has 0 bridgehead atoms. The van der Waals surface area contributed by atoms with Gasteiger partial charge in [-0.2, -0.15) is 0 Å². The minimum Gasteiger partial charge on any atom is -0.341 e. The van der Waals surface area contributed by atoms with Gasteiger partial charge in [0.25, 0.3) is 0 Å². The molecule has 0 saturated carbocycles. The van der Waals surface area contributed by atoms with Crippen molar-refractivity contribution in [2.75, 3.05) is 32.7 Å². The van der Waals surface area contributed by atoms with Gasteiger partial charge >= 0.3 is 0 Å². The third kappa shape index (κ3) is 3.78. The first-order valence-corrected chi connectivity index (χ1v) is 9.00. The van der Waals surface area contributed by atoms with Crippen molar-refractivity contribution in [3.63, 3.8) is 0 Å². The van der Waals surface area contributed by atoms with E-state index >= 15 is 0 Å². The van der Waals surface area contributed by atoms with E-state index in [1.165, 1.54) is 45.2 Å². The smallest absolute Gasteiger partial charge is 0.239 e. The first-order valence-electron chi connectivity index (χ1n) is 9.00. The van der Waals surface area contributed by atoms with Gasteiger partial charge in [0, 0.05) is 25.7 Å². The fraction of sp³-hybridized carbons (Fsp3) is 0.941. The molecule has 3 heterocycles. The topological polar surface area (TPSA) is 35.6 Å². The number of carbonyl (C=O) groups excluding carboxylic acids is 1. The fourth-order valence-corrected chi connectivity index (χ4v) is 4.29. The number of hydrogen-bond acceptors (Lipinski definition) is 3. The molecular formula is C17H31N3O. The summed E-state index contributed by atoms with van der Waals surface area (Å²) >= 11 is 0. The largest absolute Gasteiger partial charge is 0.341 e. The zero-order valence-corrected chi connectivity index (χ0v) is 13.5. The molecule has 3 aliphatic heterocycles. The van der Waals surface area contributed by atoms with E-state index in [0.717, 1.165) is 38.5 Å². The van der Waals surface area contributed by atoms with E-state index in [1.54, 1.807) is 0 Å². The summed E-state index contributed by atoms with van der Waals surface area (Å²) < 4.78 is 0. The van der Waals surface area contributed by atoms with Crippen LogP contribution in [0.2, 0.25) is 0 Å². The second kappa shape index (κ2) is 7.10. The van der Waals surface area contributed by atoms with Gasteiger partial charge in [-0.3, -0.25) is 4.79 Å². The molecule has 3 fully saturated rings. The van der Waals surface area contributed by atoms with Crippen LogP contribution in [0.5, 0.6) is 0 Å². The lowest BCUT2D eigenvalue weighted by atomic mass is 9.94. The quantitative estimate of drug-likeness (QED) is 0.862. The Hall–Kier alpha value is -0.610. The predicted octanol–water partition coefficient (Wildman–Crippen LogP) is 1.85.